The zero-order valence-corrected chi connectivity index (χ0v) is 15.3. The van der Waals surface area contributed by atoms with Crippen LogP contribution in [0.2, 0.25) is 0 Å². The summed E-state index contributed by atoms with van der Waals surface area (Å²) in [5.74, 6) is 1.03. The number of carbonyl (C=O) groups excluding carboxylic acids is 1. The van der Waals surface area contributed by atoms with Crippen LogP contribution in [0, 0.1) is 6.92 Å². The number of rotatable bonds is 2. The summed E-state index contributed by atoms with van der Waals surface area (Å²) in [5.41, 5.74) is 3.19. The molecule has 0 saturated carbocycles. The Hall–Kier alpha value is -2.50. The second-order valence-electron chi connectivity index (χ2n) is 7.21. The Morgan fingerprint density at radius 3 is 2.58 bits per heavy atom. The molecule has 4 rings (SSSR count). The normalized spacial score (nSPS) is 20.4. The Morgan fingerprint density at radius 1 is 1.08 bits per heavy atom. The van der Waals surface area contributed by atoms with Crippen molar-refractivity contribution < 1.29 is 4.79 Å². The van der Waals surface area contributed by atoms with Crippen molar-refractivity contribution in [2.24, 2.45) is 0 Å². The fraction of sp³-hybridized carbons (Fsp3) is 0.500. The SMILES string of the molecule is Cc1ncc(-c2ccncc2)c([C@H]2CCCN(C(=O)N3CCCC3)C2)n1. The van der Waals surface area contributed by atoms with Crippen LogP contribution in [-0.4, -0.2) is 57.0 Å². The van der Waals surface area contributed by atoms with Gasteiger partial charge in [0.05, 0.1) is 5.69 Å². The summed E-state index contributed by atoms with van der Waals surface area (Å²) in [6, 6.07) is 4.18. The van der Waals surface area contributed by atoms with Crippen LogP contribution < -0.4 is 0 Å². The van der Waals surface area contributed by atoms with Gasteiger partial charge in [-0.05, 0) is 50.3 Å². The summed E-state index contributed by atoms with van der Waals surface area (Å²) in [5, 5.41) is 0. The smallest absolute Gasteiger partial charge is 0.320 e. The number of hydrogen-bond acceptors (Lipinski definition) is 4. The molecule has 2 amide bonds. The van der Waals surface area contributed by atoms with E-state index in [0.717, 1.165) is 74.5 Å². The van der Waals surface area contributed by atoms with E-state index < -0.39 is 0 Å². The molecule has 6 heteroatoms. The van der Waals surface area contributed by atoms with Crippen LogP contribution in [0.3, 0.4) is 0 Å². The van der Waals surface area contributed by atoms with Gasteiger partial charge in [-0.25, -0.2) is 14.8 Å². The van der Waals surface area contributed by atoms with Gasteiger partial charge >= 0.3 is 6.03 Å². The molecule has 136 valence electrons. The number of likely N-dealkylation sites (tertiary alicyclic amines) is 2. The first kappa shape index (κ1) is 16.9. The highest BCUT2D eigenvalue weighted by atomic mass is 16.2. The summed E-state index contributed by atoms with van der Waals surface area (Å²) in [6.45, 7) is 5.31. The lowest BCUT2D eigenvalue weighted by Gasteiger charge is -2.35. The van der Waals surface area contributed by atoms with Gasteiger partial charge in [0.15, 0.2) is 0 Å². The Kier molecular flexibility index (Phi) is 4.82. The number of aromatic nitrogens is 3. The molecule has 2 aromatic rings. The first-order valence-electron chi connectivity index (χ1n) is 9.50. The second kappa shape index (κ2) is 7.40. The Morgan fingerprint density at radius 2 is 1.81 bits per heavy atom. The van der Waals surface area contributed by atoms with Gasteiger partial charge in [0.25, 0.3) is 0 Å². The lowest BCUT2D eigenvalue weighted by atomic mass is 9.90. The number of urea groups is 1. The summed E-state index contributed by atoms with van der Waals surface area (Å²) in [7, 11) is 0. The van der Waals surface area contributed by atoms with Crippen LogP contribution >= 0.6 is 0 Å². The molecule has 0 N–H and O–H groups in total. The van der Waals surface area contributed by atoms with E-state index in [4.69, 9.17) is 4.98 Å². The first-order valence-corrected chi connectivity index (χ1v) is 9.50. The van der Waals surface area contributed by atoms with Crippen LogP contribution in [-0.2, 0) is 0 Å². The number of pyridine rings is 1. The van der Waals surface area contributed by atoms with Gasteiger partial charge in [0.2, 0.25) is 0 Å². The lowest BCUT2D eigenvalue weighted by molar-refractivity contribution is 0.146. The average Bonchev–Trinajstić information content (AvgIpc) is 3.23. The number of piperidine rings is 1. The molecule has 4 heterocycles. The van der Waals surface area contributed by atoms with Gasteiger partial charge in [0.1, 0.15) is 5.82 Å². The highest BCUT2D eigenvalue weighted by Gasteiger charge is 2.31. The third kappa shape index (κ3) is 3.41. The molecular formula is C20H25N5O. The third-order valence-corrected chi connectivity index (χ3v) is 5.39. The van der Waals surface area contributed by atoms with Crippen molar-refractivity contribution in [1.82, 2.24) is 24.8 Å². The zero-order valence-electron chi connectivity index (χ0n) is 15.3. The van der Waals surface area contributed by atoms with E-state index in [2.05, 4.69) is 9.97 Å². The largest absolute Gasteiger partial charge is 0.325 e. The molecule has 0 aromatic carbocycles. The Bertz CT molecular complexity index is 773. The van der Waals surface area contributed by atoms with E-state index in [1.54, 1.807) is 12.4 Å². The monoisotopic (exact) mass is 351 g/mol. The molecule has 0 bridgehead atoms. The van der Waals surface area contributed by atoms with Crippen molar-refractivity contribution in [1.29, 1.82) is 0 Å². The minimum absolute atomic E-state index is 0.198. The van der Waals surface area contributed by atoms with Crippen molar-refractivity contribution in [3.8, 4) is 11.1 Å². The molecular weight excluding hydrogens is 326 g/mol. The van der Waals surface area contributed by atoms with Crippen molar-refractivity contribution in [3.63, 3.8) is 0 Å². The molecule has 2 aromatic heterocycles. The van der Waals surface area contributed by atoms with Gasteiger partial charge in [-0.1, -0.05) is 0 Å². The number of nitrogens with zero attached hydrogens (tertiary/aromatic N) is 5. The lowest BCUT2D eigenvalue weighted by Crippen LogP contribution is -2.46. The highest BCUT2D eigenvalue weighted by Crippen LogP contribution is 2.33. The molecule has 1 atom stereocenters. The summed E-state index contributed by atoms with van der Waals surface area (Å²) >= 11 is 0. The molecule has 0 unspecified atom stereocenters. The summed E-state index contributed by atoms with van der Waals surface area (Å²) in [4.78, 5) is 30.1. The third-order valence-electron chi connectivity index (χ3n) is 5.39. The van der Waals surface area contributed by atoms with Crippen LogP contribution in [0.1, 0.15) is 43.1 Å². The summed E-state index contributed by atoms with van der Waals surface area (Å²) in [6.07, 6.45) is 9.82. The van der Waals surface area contributed by atoms with Crippen molar-refractivity contribution in [2.45, 2.75) is 38.5 Å². The minimum Gasteiger partial charge on any atom is -0.325 e. The van der Waals surface area contributed by atoms with Crippen LogP contribution in [0.15, 0.2) is 30.7 Å². The van der Waals surface area contributed by atoms with Crippen LogP contribution in [0.4, 0.5) is 4.79 Å². The van der Waals surface area contributed by atoms with Gasteiger partial charge in [0, 0.05) is 56.3 Å². The molecule has 2 fully saturated rings. The van der Waals surface area contributed by atoms with Crippen LogP contribution in [0.5, 0.6) is 0 Å². The first-order chi connectivity index (χ1) is 12.7. The quantitative estimate of drug-likeness (QED) is 0.833. The van der Waals surface area contributed by atoms with E-state index >= 15 is 0 Å². The molecule has 0 aliphatic carbocycles. The van der Waals surface area contributed by atoms with E-state index in [0.29, 0.717) is 0 Å². The van der Waals surface area contributed by atoms with Crippen molar-refractivity contribution in [3.05, 3.63) is 42.2 Å². The molecule has 6 nitrogen and oxygen atoms in total. The number of amides is 2. The van der Waals surface area contributed by atoms with E-state index in [1.807, 2.05) is 35.1 Å². The maximum absolute atomic E-state index is 12.8. The fourth-order valence-electron chi connectivity index (χ4n) is 4.04. The number of hydrogen-bond donors (Lipinski definition) is 0. The van der Waals surface area contributed by atoms with E-state index in [1.165, 1.54) is 0 Å². The maximum atomic E-state index is 12.8. The van der Waals surface area contributed by atoms with E-state index in [9.17, 15) is 4.79 Å². The van der Waals surface area contributed by atoms with Gasteiger partial charge in [-0.2, -0.15) is 0 Å². The molecule has 2 aliphatic rings. The predicted octanol–water partition coefficient (Wildman–Crippen LogP) is 3.24. The number of aryl methyl sites for hydroxylation is 1. The predicted molar refractivity (Wildman–Crippen MR) is 99.8 cm³/mol. The van der Waals surface area contributed by atoms with Gasteiger partial charge < -0.3 is 9.80 Å². The van der Waals surface area contributed by atoms with Gasteiger partial charge in [-0.3, -0.25) is 4.98 Å². The number of carbonyl (C=O) groups is 1. The van der Waals surface area contributed by atoms with Gasteiger partial charge in [-0.15, -0.1) is 0 Å². The molecule has 26 heavy (non-hydrogen) atoms. The standard InChI is InChI=1S/C20H25N5O/c1-15-22-13-18(16-6-8-21-9-7-16)19(23-15)17-5-4-12-25(14-17)20(26)24-10-2-3-11-24/h6-9,13,17H,2-5,10-12,14H2,1H3/t17-/m0/s1. The average molecular weight is 351 g/mol. The molecule has 2 aliphatic heterocycles. The topological polar surface area (TPSA) is 62.2 Å². The molecule has 2 saturated heterocycles. The zero-order chi connectivity index (χ0) is 17.9. The van der Waals surface area contributed by atoms with E-state index in [-0.39, 0.29) is 11.9 Å². The van der Waals surface area contributed by atoms with Crippen molar-refractivity contribution >= 4 is 6.03 Å². The second-order valence-corrected chi connectivity index (χ2v) is 7.21. The van der Waals surface area contributed by atoms with Crippen LogP contribution in [0.25, 0.3) is 11.1 Å². The highest BCUT2D eigenvalue weighted by molar-refractivity contribution is 5.75. The summed E-state index contributed by atoms with van der Waals surface area (Å²) < 4.78 is 0. The fourth-order valence-corrected chi connectivity index (χ4v) is 4.04. The van der Waals surface area contributed by atoms with Crippen molar-refractivity contribution in [2.75, 3.05) is 26.2 Å². The Balaban J connectivity index is 1.60. The Labute approximate surface area is 154 Å². The maximum Gasteiger partial charge on any atom is 0.320 e. The molecule has 0 spiro atoms. The molecule has 0 radical (unpaired) electrons. The minimum atomic E-state index is 0.198.